The van der Waals surface area contributed by atoms with Crippen molar-refractivity contribution >= 4 is 5.97 Å². The Morgan fingerprint density at radius 2 is 1.79 bits per heavy atom. The summed E-state index contributed by atoms with van der Waals surface area (Å²) in [4.78, 5) is 11.0. The molecule has 0 aliphatic heterocycles. The van der Waals surface area contributed by atoms with Crippen LogP contribution in [0.15, 0.2) is 54.6 Å². The number of carbonyl (C=O) groups is 1. The van der Waals surface area contributed by atoms with Crippen LogP contribution in [-0.2, 0) is 23.2 Å². The molecule has 172 valence electrons. The molecule has 1 N–H and O–H groups in total. The van der Waals surface area contributed by atoms with E-state index in [9.17, 15) is 9.18 Å². The van der Waals surface area contributed by atoms with Crippen molar-refractivity contribution < 1.29 is 23.8 Å². The van der Waals surface area contributed by atoms with Gasteiger partial charge >= 0.3 is 5.97 Å². The van der Waals surface area contributed by atoms with Crippen LogP contribution >= 0.6 is 0 Å². The second-order valence-corrected chi connectivity index (χ2v) is 9.62. The van der Waals surface area contributed by atoms with E-state index in [0.29, 0.717) is 17.9 Å². The van der Waals surface area contributed by atoms with Gasteiger partial charge in [0, 0.05) is 5.56 Å². The standard InChI is InChI=1S/C28H29FO4/c1-28(2,3)25-11-17(5-8-23(25)24-15-20(32-4)7-10-26(24)29)16-33-21-6-9-22-18(13-21)12-19(22)14-27(30)31/h5-11,13,15,19H,12,14,16H2,1-4H3,(H,30,31)/t19-/m1/s1. The zero-order chi connectivity index (χ0) is 23.8. The van der Waals surface area contributed by atoms with Crippen LogP contribution in [0.4, 0.5) is 4.39 Å². The van der Waals surface area contributed by atoms with E-state index >= 15 is 0 Å². The zero-order valence-corrected chi connectivity index (χ0v) is 19.4. The number of hydrogen-bond donors (Lipinski definition) is 1. The molecule has 4 rings (SSSR count). The molecule has 0 saturated carbocycles. The summed E-state index contributed by atoms with van der Waals surface area (Å²) in [6, 6.07) is 16.7. The van der Waals surface area contributed by atoms with Gasteiger partial charge in [0.15, 0.2) is 0 Å². The topological polar surface area (TPSA) is 55.8 Å². The average Bonchev–Trinajstić information content (AvgIpc) is 2.75. The molecule has 5 heteroatoms. The highest BCUT2D eigenvalue weighted by Gasteiger charge is 2.28. The van der Waals surface area contributed by atoms with E-state index in [4.69, 9.17) is 14.6 Å². The van der Waals surface area contributed by atoms with Crippen LogP contribution in [0.2, 0.25) is 0 Å². The molecule has 1 aliphatic carbocycles. The van der Waals surface area contributed by atoms with Crippen LogP contribution in [0.3, 0.4) is 0 Å². The molecule has 0 unspecified atom stereocenters. The number of carboxylic acid groups (broad SMARTS) is 1. The molecule has 0 heterocycles. The first kappa shape index (κ1) is 22.8. The molecule has 3 aromatic rings. The number of rotatable bonds is 7. The molecule has 0 saturated heterocycles. The maximum Gasteiger partial charge on any atom is 0.303 e. The fraction of sp³-hybridized carbons (Fsp3) is 0.321. The second-order valence-electron chi connectivity index (χ2n) is 9.62. The van der Waals surface area contributed by atoms with Gasteiger partial charge in [0.25, 0.3) is 0 Å². The van der Waals surface area contributed by atoms with Crippen molar-refractivity contribution in [3.05, 3.63) is 82.7 Å². The van der Waals surface area contributed by atoms with Crippen LogP contribution in [-0.4, -0.2) is 18.2 Å². The van der Waals surface area contributed by atoms with Gasteiger partial charge in [-0.15, -0.1) is 0 Å². The predicted molar refractivity (Wildman–Crippen MR) is 127 cm³/mol. The number of carboxylic acids is 1. The Labute approximate surface area is 194 Å². The van der Waals surface area contributed by atoms with E-state index in [-0.39, 0.29) is 23.6 Å². The van der Waals surface area contributed by atoms with E-state index < -0.39 is 5.97 Å². The fourth-order valence-corrected chi connectivity index (χ4v) is 4.43. The van der Waals surface area contributed by atoms with Gasteiger partial charge < -0.3 is 14.6 Å². The third kappa shape index (κ3) is 4.87. The number of aliphatic carboxylic acids is 1. The van der Waals surface area contributed by atoms with Crippen LogP contribution in [0.25, 0.3) is 11.1 Å². The van der Waals surface area contributed by atoms with Crippen molar-refractivity contribution in [3.63, 3.8) is 0 Å². The van der Waals surface area contributed by atoms with E-state index in [0.717, 1.165) is 40.0 Å². The van der Waals surface area contributed by atoms with Gasteiger partial charge in [-0.2, -0.15) is 0 Å². The number of hydrogen-bond acceptors (Lipinski definition) is 3. The fourth-order valence-electron chi connectivity index (χ4n) is 4.43. The van der Waals surface area contributed by atoms with E-state index in [1.165, 1.54) is 6.07 Å². The van der Waals surface area contributed by atoms with Gasteiger partial charge in [0.1, 0.15) is 23.9 Å². The Hall–Kier alpha value is -3.34. The van der Waals surface area contributed by atoms with Gasteiger partial charge in [0.05, 0.1) is 13.5 Å². The summed E-state index contributed by atoms with van der Waals surface area (Å²) in [7, 11) is 1.57. The Kier molecular flexibility index (Phi) is 6.15. The van der Waals surface area contributed by atoms with Crippen molar-refractivity contribution in [3.8, 4) is 22.6 Å². The third-order valence-corrected chi connectivity index (χ3v) is 6.20. The Balaban J connectivity index is 1.55. The van der Waals surface area contributed by atoms with E-state index in [1.54, 1.807) is 19.2 Å². The number of halogens is 1. The smallest absolute Gasteiger partial charge is 0.303 e. The van der Waals surface area contributed by atoms with Gasteiger partial charge in [-0.25, -0.2) is 4.39 Å². The van der Waals surface area contributed by atoms with Gasteiger partial charge in [-0.05, 0) is 75.9 Å². The summed E-state index contributed by atoms with van der Waals surface area (Å²) in [5.74, 6) is 0.435. The zero-order valence-electron chi connectivity index (χ0n) is 19.4. The minimum atomic E-state index is -0.766. The molecule has 0 fully saturated rings. The number of fused-ring (bicyclic) bond motifs is 1. The average molecular weight is 449 g/mol. The molecule has 0 aromatic heterocycles. The maximum atomic E-state index is 14.7. The van der Waals surface area contributed by atoms with Crippen molar-refractivity contribution in [2.75, 3.05) is 7.11 Å². The molecule has 4 nitrogen and oxygen atoms in total. The molecule has 0 radical (unpaired) electrons. The van der Waals surface area contributed by atoms with Gasteiger partial charge in [-0.3, -0.25) is 4.79 Å². The summed E-state index contributed by atoms with van der Waals surface area (Å²) in [5, 5.41) is 9.00. The molecule has 1 atom stereocenters. The highest BCUT2D eigenvalue weighted by atomic mass is 19.1. The molecule has 1 aliphatic rings. The summed E-state index contributed by atoms with van der Waals surface area (Å²) < 4.78 is 26.0. The first-order valence-corrected chi connectivity index (χ1v) is 11.1. The highest BCUT2D eigenvalue weighted by molar-refractivity contribution is 5.71. The number of ether oxygens (including phenoxy) is 2. The van der Waals surface area contributed by atoms with Crippen LogP contribution in [0.1, 0.15) is 55.4 Å². The molecule has 0 amide bonds. The lowest BCUT2D eigenvalue weighted by Crippen LogP contribution is -2.20. The molecular weight excluding hydrogens is 419 g/mol. The first-order chi connectivity index (χ1) is 15.7. The van der Waals surface area contributed by atoms with Crippen LogP contribution < -0.4 is 9.47 Å². The largest absolute Gasteiger partial charge is 0.497 e. The Bertz CT molecular complexity index is 1190. The van der Waals surface area contributed by atoms with Crippen molar-refractivity contribution in [2.45, 2.75) is 51.6 Å². The molecule has 0 spiro atoms. The van der Waals surface area contributed by atoms with Crippen molar-refractivity contribution in [2.24, 2.45) is 0 Å². The lowest BCUT2D eigenvalue weighted by molar-refractivity contribution is -0.137. The number of benzene rings is 3. The molecule has 3 aromatic carbocycles. The lowest BCUT2D eigenvalue weighted by atomic mass is 9.76. The van der Waals surface area contributed by atoms with Crippen molar-refractivity contribution in [1.29, 1.82) is 0 Å². The monoisotopic (exact) mass is 448 g/mol. The van der Waals surface area contributed by atoms with Gasteiger partial charge in [0.2, 0.25) is 0 Å². The number of methoxy groups -OCH3 is 1. The second kappa shape index (κ2) is 8.89. The SMILES string of the molecule is COc1ccc(F)c(-c2ccc(COc3ccc4c(c3)C[C@@H]4CC(=O)O)cc2C(C)(C)C)c1. The van der Waals surface area contributed by atoms with E-state index in [2.05, 4.69) is 26.8 Å². The van der Waals surface area contributed by atoms with Crippen LogP contribution in [0, 0.1) is 5.82 Å². The lowest BCUT2D eigenvalue weighted by Gasteiger charge is -2.29. The molecular formula is C28H29FO4. The summed E-state index contributed by atoms with van der Waals surface area (Å²) in [5.41, 5.74) is 5.44. The van der Waals surface area contributed by atoms with Crippen molar-refractivity contribution in [1.82, 2.24) is 0 Å². The summed E-state index contributed by atoms with van der Waals surface area (Å²) >= 11 is 0. The molecule has 33 heavy (non-hydrogen) atoms. The molecule has 0 bridgehead atoms. The third-order valence-electron chi connectivity index (χ3n) is 6.20. The predicted octanol–water partition coefficient (Wildman–Crippen LogP) is 6.49. The summed E-state index contributed by atoms with van der Waals surface area (Å²) in [6.45, 7) is 6.72. The normalized spacial score (nSPS) is 14.9. The maximum absolute atomic E-state index is 14.7. The summed E-state index contributed by atoms with van der Waals surface area (Å²) in [6.07, 6.45) is 0.941. The quantitative estimate of drug-likeness (QED) is 0.449. The Morgan fingerprint density at radius 1 is 1.03 bits per heavy atom. The van der Waals surface area contributed by atoms with E-state index in [1.807, 2.05) is 30.3 Å². The minimum absolute atomic E-state index is 0.102. The van der Waals surface area contributed by atoms with Gasteiger partial charge in [-0.1, -0.05) is 45.0 Å². The minimum Gasteiger partial charge on any atom is -0.497 e. The van der Waals surface area contributed by atoms with Crippen LogP contribution in [0.5, 0.6) is 11.5 Å². The first-order valence-electron chi connectivity index (χ1n) is 11.1. The highest BCUT2D eigenvalue weighted by Crippen LogP contribution is 2.40. The Morgan fingerprint density at radius 3 is 2.45 bits per heavy atom.